The van der Waals surface area contributed by atoms with E-state index in [1.807, 2.05) is 0 Å². The summed E-state index contributed by atoms with van der Waals surface area (Å²) in [6, 6.07) is 6.58. The first kappa shape index (κ1) is 31.8. The van der Waals surface area contributed by atoms with Crippen molar-refractivity contribution in [2.45, 2.75) is 129 Å². The number of carbonyl (C=O) groups is 2. The Morgan fingerprint density at radius 2 is 1.00 bits per heavy atom. The van der Waals surface area contributed by atoms with Gasteiger partial charge in [-0.2, -0.15) is 0 Å². The Morgan fingerprint density at radius 3 is 1.47 bits per heavy atom. The fourth-order valence-corrected chi connectivity index (χ4v) is 4.03. The number of nitrogens with one attached hydrogen (secondary N) is 1. The van der Waals surface area contributed by atoms with E-state index in [0.29, 0.717) is 24.7 Å². The van der Waals surface area contributed by atoms with Gasteiger partial charge in [0.15, 0.2) is 0 Å². The maximum atomic E-state index is 11.9. The number of benzene rings is 1. The third-order valence-corrected chi connectivity index (χ3v) is 6.25. The molecular formula is C30H51NO5. The summed E-state index contributed by atoms with van der Waals surface area (Å²) in [4.78, 5) is 23.8. The maximum Gasteiger partial charge on any atom is 0.513 e. The first-order valence-electron chi connectivity index (χ1n) is 14.5. The van der Waals surface area contributed by atoms with Crippen LogP contribution in [0.4, 0.5) is 15.3 Å². The molecule has 6 nitrogen and oxygen atoms in total. The minimum absolute atomic E-state index is 0.374. The second-order valence-electron chi connectivity index (χ2n) is 9.64. The predicted octanol–water partition coefficient (Wildman–Crippen LogP) is 9.81. The number of carbonyl (C=O) groups excluding carboxylic acids is 2. The summed E-state index contributed by atoms with van der Waals surface area (Å²) in [6.07, 6.45) is 20.8. The van der Waals surface area contributed by atoms with Crippen molar-refractivity contribution in [3.63, 3.8) is 0 Å². The highest BCUT2D eigenvalue weighted by Gasteiger charge is 2.07. The fourth-order valence-electron chi connectivity index (χ4n) is 4.03. The van der Waals surface area contributed by atoms with Crippen molar-refractivity contribution in [3.8, 4) is 5.75 Å². The molecule has 0 spiro atoms. The molecular weight excluding hydrogens is 454 g/mol. The lowest BCUT2D eigenvalue weighted by molar-refractivity contribution is 0.0972. The standard InChI is InChI=1S/C30H51NO5/c1-3-5-7-9-11-13-15-17-19-25-34-29(32)31-27-21-23-28(24-22-27)36-30(33)35-26-20-18-16-14-12-10-8-6-4-2/h21-24H,3-20,25-26H2,1-2H3,(H,31,32). The highest BCUT2D eigenvalue weighted by Crippen LogP contribution is 2.17. The van der Waals surface area contributed by atoms with Gasteiger partial charge in [-0.25, -0.2) is 9.59 Å². The molecule has 1 aromatic carbocycles. The molecule has 1 amide bonds. The van der Waals surface area contributed by atoms with Crippen LogP contribution in [-0.4, -0.2) is 25.5 Å². The zero-order valence-electron chi connectivity index (χ0n) is 23.0. The average molecular weight is 506 g/mol. The number of ether oxygens (including phenoxy) is 3. The Balaban J connectivity index is 2.03. The van der Waals surface area contributed by atoms with E-state index in [9.17, 15) is 9.59 Å². The monoisotopic (exact) mass is 505 g/mol. The highest BCUT2D eigenvalue weighted by atomic mass is 16.7. The molecule has 0 aliphatic rings. The molecule has 0 aliphatic heterocycles. The maximum absolute atomic E-state index is 11.9. The van der Waals surface area contributed by atoms with E-state index in [0.717, 1.165) is 25.7 Å². The van der Waals surface area contributed by atoms with Gasteiger partial charge < -0.3 is 14.2 Å². The molecule has 0 saturated carbocycles. The van der Waals surface area contributed by atoms with Gasteiger partial charge in [0.1, 0.15) is 5.75 Å². The fraction of sp³-hybridized carbons (Fsp3) is 0.733. The Kier molecular flexibility index (Phi) is 20.5. The van der Waals surface area contributed by atoms with Gasteiger partial charge in [-0.1, -0.05) is 117 Å². The molecule has 0 fully saturated rings. The van der Waals surface area contributed by atoms with E-state index >= 15 is 0 Å². The largest absolute Gasteiger partial charge is 0.513 e. The van der Waals surface area contributed by atoms with Crippen molar-refractivity contribution in [2.24, 2.45) is 0 Å². The number of rotatable bonds is 22. The molecule has 0 radical (unpaired) electrons. The molecule has 1 N–H and O–H groups in total. The van der Waals surface area contributed by atoms with E-state index in [1.165, 1.54) is 89.9 Å². The van der Waals surface area contributed by atoms with E-state index in [1.54, 1.807) is 24.3 Å². The van der Waals surface area contributed by atoms with Gasteiger partial charge in [-0.05, 0) is 37.1 Å². The summed E-state index contributed by atoms with van der Waals surface area (Å²) in [5.41, 5.74) is 0.586. The molecule has 1 rings (SSSR count). The molecule has 0 heterocycles. The van der Waals surface area contributed by atoms with Crippen molar-refractivity contribution < 1.29 is 23.8 Å². The van der Waals surface area contributed by atoms with Crippen molar-refractivity contribution in [3.05, 3.63) is 24.3 Å². The molecule has 6 heteroatoms. The molecule has 0 atom stereocenters. The molecule has 0 saturated heterocycles. The minimum atomic E-state index is -0.698. The van der Waals surface area contributed by atoms with Gasteiger partial charge in [0.2, 0.25) is 0 Å². The third-order valence-electron chi connectivity index (χ3n) is 6.25. The van der Waals surface area contributed by atoms with Gasteiger partial charge in [0.05, 0.1) is 13.2 Å². The molecule has 0 unspecified atom stereocenters. The number of hydrogen-bond donors (Lipinski definition) is 1. The number of hydrogen-bond acceptors (Lipinski definition) is 5. The Hall–Kier alpha value is -2.24. The summed E-state index contributed by atoms with van der Waals surface area (Å²) in [7, 11) is 0. The number of amides is 1. The van der Waals surface area contributed by atoms with Crippen LogP contribution in [0.3, 0.4) is 0 Å². The van der Waals surface area contributed by atoms with Crippen LogP contribution < -0.4 is 10.1 Å². The van der Waals surface area contributed by atoms with Gasteiger partial charge in [-0.3, -0.25) is 5.32 Å². The zero-order chi connectivity index (χ0) is 26.1. The molecule has 206 valence electrons. The first-order valence-corrected chi connectivity index (χ1v) is 14.5. The Labute approximate surface area is 219 Å². The van der Waals surface area contributed by atoms with Crippen LogP contribution in [0.25, 0.3) is 0 Å². The third kappa shape index (κ3) is 19.0. The highest BCUT2D eigenvalue weighted by molar-refractivity contribution is 5.84. The second kappa shape index (κ2) is 23.2. The molecule has 0 aliphatic carbocycles. The summed E-state index contributed by atoms with van der Waals surface area (Å²) >= 11 is 0. The molecule has 36 heavy (non-hydrogen) atoms. The van der Waals surface area contributed by atoms with Crippen molar-refractivity contribution in [1.29, 1.82) is 0 Å². The van der Waals surface area contributed by atoms with Crippen LogP contribution in [0.1, 0.15) is 129 Å². The second-order valence-corrected chi connectivity index (χ2v) is 9.64. The number of unbranched alkanes of at least 4 members (excludes halogenated alkanes) is 16. The van der Waals surface area contributed by atoms with Crippen LogP contribution in [0.5, 0.6) is 5.75 Å². The number of anilines is 1. The first-order chi connectivity index (χ1) is 17.7. The van der Waals surface area contributed by atoms with Crippen LogP contribution in [0, 0.1) is 0 Å². The summed E-state index contributed by atoms with van der Waals surface area (Å²) in [5, 5.41) is 2.69. The van der Waals surface area contributed by atoms with Crippen LogP contribution in [-0.2, 0) is 9.47 Å². The van der Waals surface area contributed by atoms with Crippen molar-refractivity contribution in [2.75, 3.05) is 18.5 Å². The van der Waals surface area contributed by atoms with Gasteiger partial charge in [0.25, 0.3) is 0 Å². The Morgan fingerprint density at radius 1 is 0.583 bits per heavy atom. The topological polar surface area (TPSA) is 73.9 Å². The van der Waals surface area contributed by atoms with Gasteiger partial charge in [-0.15, -0.1) is 0 Å². The summed E-state index contributed by atoms with van der Waals surface area (Å²) < 4.78 is 15.6. The lowest BCUT2D eigenvalue weighted by Crippen LogP contribution is -2.14. The molecule has 1 aromatic rings. The smallest absolute Gasteiger partial charge is 0.449 e. The minimum Gasteiger partial charge on any atom is -0.449 e. The zero-order valence-corrected chi connectivity index (χ0v) is 23.0. The Bertz CT molecular complexity index is 605. The van der Waals surface area contributed by atoms with Gasteiger partial charge >= 0.3 is 12.2 Å². The van der Waals surface area contributed by atoms with E-state index in [2.05, 4.69) is 19.2 Å². The molecule has 0 bridgehead atoms. The average Bonchev–Trinajstić information content (AvgIpc) is 2.87. The van der Waals surface area contributed by atoms with Crippen molar-refractivity contribution in [1.82, 2.24) is 0 Å². The van der Waals surface area contributed by atoms with Crippen LogP contribution >= 0.6 is 0 Å². The van der Waals surface area contributed by atoms with E-state index < -0.39 is 12.2 Å². The predicted molar refractivity (Wildman–Crippen MR) is 148 cm³/mol. The van der Waals surface area contributed by atoms with E-state index in [4.69, 9.17) is 14.2 Å². The lowest BCUT2D eigenvalue weighted by Gasteiger charge is -2.09. The quantitative estimate of drug-likeness (QED) is 0.0964. The molecule has 0 aromatic heterocycles. The summed E-state index contributed by atoms with van der Waals surface area (Å²) in [5.74, 6) is 0.376. The van der Waals surface area contributed by atoms with Crippen LogP contribution in [0.15, 0.2) is 24.3 Å². The SMILES string of the molecule is CCCCCCCCCCCOC(=O)Nc1ccc(OC(=O)OCCCCCCCCCCC)cc1. The van der Waals surface area contributed by atoms with Crippen molar-refractivity contribution >= 4 is 17.9 Å². The van der Waals surface area contributed by atoms with Crippen LogP contribution in [0.2, 0.25) is 0 Å². The van der Waals surface area contributed by atoms with Gasteiger partial charge in [0, 0.05) is 5.69 Å². The normalized spacial score (nSPS) is 10.7. The summed E-state index contributed by atoms with van der Waals surface area (Å²) in [6.45, 7) is 5.26. The lowest BCUT2D eigenvalue weighted by atomic mass is 10.1. The van der Waals surface area contributed by atoms with E-state index in [-0.39, 0.29) is 0 Å².